The lowest BCUT2D eigenvalue weighted by molar-refractivity contribution is -0.275. The molecule has 0 aromatic heterocycles. The Balaban J connectivity index is 1.45. The van der Waals surface area contributed by atoms with E-state index in [1.807, 2.05) is 6.07 Å². The van der Waals surface area contributed by atoms with Crippen molar-refractivity contribution in [3.63, 3.8) is 0 Å². The van der Waals surface area contributed by atoms with Crippen LogP contribution in [0.5, 0.6) is 5.75 Å². The van der Waals surface area contributed by atoms with Crippen molar-refractivity contribution in [1.82, 2.24) is 14.7 Å². The van der Waals surface area contributed by atoms with E-state index in [1.54, 1.807) is 6.07 Å². The molecule has 0 spiro atoms. The Kier molecular flexibility index (Phi) is 6.11. The van der Waals surface area contributed by atoms with Gasteiger partial charge in [0, 0.05) is 44.8 Å². The molecular weight excluding hydrogens is 399 g/mol. The van der Waals surface area contributed by atoms with Crippen molar-refractivity contribution in [3.8, 4) is 5.75 Å². The SMILES string of the molecule is O=C([O-])N1CC2CN(Cc3cc(CN4CCCCC4)ccc3OC(F)(F)F)CC2C1. The Morgan fingerprint density at radius 3 is 2.27 bits per heavy atom. The Morgan fingerprint density at radius 1 is 1.00 bits per heavy atom. The molecule has 9 heteroatoms. The largest absolute Gasteiger partial charge is 0.573 e. The molecule has 0 bridgehead atoms. The van der Waals surface area contributed by atoms with Gasteiger partial charge in [-0.2, -0.15) is 0 Å². The van der Waals surface area contributed by atoms with Crippen LogP contribution in [0, 0.1) is 11.8 Å². The van der Waals surface area contributed by atoms with E-state index < -0.39 is 12.5 Å². The van der Waals surface area contributed by atoms with Crippen molar-refractivity contribution in [2.24, 2.45) is 11.8 Å². The third kappa shape index (κ3) is 5.18. The average molecular weight is 426 g/mol. The van der Waals surface area contributed by atoms with E-state index in [-0.39, 0.29) is 17.6 Å². The zero-order valence-electron chi connectivity index (χ0n) is 16.9. The summed E-state index contributed by atoms with van der Waals surface area (Å²) in [5.74, 6) is 0.246. The van der Waals surface area contributed by atoms with Crippen LogP contribution in [-0.4, -0.2) is 66.4 Å². The summed E-state index contributed by atoms with van der Waals surface area (Å²) in [6.45, 7) is 5.31. The average Bonchev–Trinajstić information content (AvgIpc) is 3.22. The Bertz CT molecular complexity index is 754. The molecule has 3 fully saturated rings. The van der Waals surface area contributed by atoms with Crippen molar-refractivity contribution in [1.29, 1.82) is 0 Å². The third-order valence-electron chi connectivity index (χ3n) is 6.42. The number of carbonyl (C=O) groups is 1. The zero-order valence-corrected chi connectivity index (χ0v) is 16.9. The standard InChI is InChI=1S/C21H28F3N3O3/c22-21(23,24)30-19-5-4-15(9-25-6-2-1-3-7-25)8-16(19)10-26-11-17-13-27(20(28)29)14-18(17)12-26/h4-5,8,17-18H,1-3,6-7,9-14H2,(H,28,29)/p-1. The maximum Gasteiger partial charge on any atom is 0.573 e. The van der Waals surface area contributed by atoms with Gasteiger partial charge < -0.3 is 19.5 Å². The van der Waals surface area contributed by atoms with Gasteiger partial charge in [0.25, 0.3) is 0 Å². The first-order valence-corrected chi connectivity index (χ1v) is 10.5. The third-order valence-corrected chi connectivity index (χ3v) is 6.42. The van der Waals surface area contributed by atoms with E-state index in [1.165, 1.54) is 17.4 Å². The summed E-state index contributed by atoms with van der Waals surface area (Å²) in [4.78, 5) is 16.8. The second-order valence-electron chi connectivity index (χ2n) is 8.71. The van der Waals surface area contributed by atoms with Gasteiger partial charge in [-0.1, -0.05) is 12.5 Å². The smallest absolute Gasteiger partial charge is 0.530 e. The summed E-state index contributed by atoms with van der Waals surface area (Å²) in [7, 11) is 0. The summed E-state index contributed by atoms with van der Waals surface area (Å²) in [6.07, 6.45) is -2.35. The first-order valence-electron chi connectivity index (χ1n) is 10.5. The summed E-state index contributed by atoms with van der Waals surface area (Å²) in [5, 5.41) is 11.1. The minimum absolute atomic E-state index is 0.154. The number of ether oxygens (including phenoxy) is 1. The molecule has 0 saturated carbocycles. The second-order valence-corrected chi connectivity index (χ2v) is 8.71. The van der Waals surface area contributed by atoms with Crippen LogP contribution in [-0.2, 0) is 13.1 Å². The molecule has 2 atom stereocenters. The summed E-state index contributed by atoms with van der Waals surface area (Å²) in [5.41, 5.74) is 1.52. The van der Waals surface area contributed by atoms with Crippen LogP contribution in [0.1, 0.15) is 30.4 Å². The molecule has 3 aliphatic heterocycles. The Morgan fingerprint density at radius 2 is 1.67 bits per heavy atom. The molecule has 0 aliphatic carbocycles. The minimum atomic E-state index is -4.74. The van der Waals surface area contributed by atoms with E-state index in [2.05, 4.69) is 14.5 Å². The maximum absolute atomic E-state index is 12.9. The summed E-state index contributed by atoms with van der Waals surface area (Å²) < 4.78 is 43.0. The zero-order chi connectivity index (χ0) is 21.3. The predicted octanol–water partition coefficient (Wildman–Crippen LogP) is 2.28. The van der Waals surface area contributed by atoms with Crippen LogP contribution < -0.4 is 9.84 Å². The molecule has 166 valence electrons. The molecule has 0 N–H and O–H groups in total. The molecular formula is C21H27F3N3O3-. The van der Waals surface area contributed by atoms with E-state index in [4.69, 9.17) is 0 Å². The summed E-state index contributed by atoms with van der Waals surface area (Å²) in [6, 6.07) is 4.98. The van der Waals surface area contributed by atoms with Crippen LogP contribution in [0.4, 0.5) is 18.0 Å². The molecule has 2 unspecified atom stereocenters. The number of nitrogens with zero attached hydrogens (tertiary/aromatic N) is 3. The van der Waals surface area contributed by atoms with Crippen molar-refractivity contribution in [3.05, 3.63) is 29.3 Å². The first-order chi connectivity index (χ1) is 14.3. The maximum atomic E-state index is 12.9. The molecule has 0 radical (unpaired) electrons. The number of rotatable bonds is 5. The van der Waals surface area contributed by atoms with Crippen LogP contribution in [0.15, 0.2) is 18.2 Å². The van der Waals surface area contributed by atoms with Crippen molar-refractivity contribution in [2.75, 3.05) is 39.3 Å². The predicted molar refractivity (Wildman–Crippen MR) is 101 cm³/mol. The number of carboxylic acid groups (broad SMARTS) is 1. The molecule has 3 heterocycles. The first kappa shape index (κ1) is 21.2. The van der Waals surface area contributed by atoms with Gasteiger partial charge >= 0.3 is 6.36 Å². The number of hydrogen-bond donors (Lipinski definition) is 0. The number of halogens is 3. The second kappa shape index (κ2) is 8.63. The Labute approximate surface area is 174 Å². The van der Waals surface area contributed by atoms with Gasteiger partial charge in [-0.25, -0.2) is 0 Å². The Hall–Kier alpha value is -2.00. The fraction of sp³-hybridized carbons (Fsp3) is 0.667. The topological polar surface area (TPSA) is 59.1 Å². The van der Waals surface area contributed by atoms with Crippen LogP contribution in [0.25, 0.3) is 0 Å². The van der Waals surface area contributed by atoms with E-state index in [0.717, 1.165) is 38.0 Å². The van der Waals surface area contributed by atoms with Gasteiger partial charge in [0.05, 0.1) is 0 Å². The molecule has 1 aromatic rings. The quantitative estimate of drug-likeness (QED) is 0.723. The summed E-state index contributed by atoms with van der Waals surface area (Å²) >= 11 is 0. The highest BCUT2D eigenvalue weighted by Crippen LogP contribution is 2.34. The van der Waals surface area contributed by atoms with Crippen molar-refractivity contribution < 1.29 is 27.8 Å². The van der Waals surface area contributed by atoms with Gasteiger partial charge in [-0.05, 0) is 55.5 Å². The van der Waals surface area contributed by atoms with Crippen molar-refractivity contribution in [2.45, 2.75) is 38.7 Å². The number of hydrogen-bond acceptors (Lipinski definition) is 5. The number of likely N-dealkylation sites (tertiary alicyclic amines) is 3. The highest BCUT2D eigenvalue weighted by Gasteiger charge is 2.40. The molecule has 3 saturated heterocycles. The van der Waals surface area contributed by atoms with E-state index >= 15 is 0 Å². The van der Waals surface area contributed by atoms with Gasteiger partial charge in [0.1, 0.15) is 11.8 Å². The molecule has 3 aliphatic rings. The highest BCUT2D eigenvalue weighted by molar-refractivity contribution is 5.63. The van der Waals surface area contributed by atoms with E-state index in [9.17, 15) is 23.1 Å². The number of piperidine rings is 1. The molecule has 30 heavy (non-hydrogen) atoms. The van der Waals surface area contributed by atoms with Crippen LogP contribution in [0.2, 0.25) is 0 Å². The number of benzene rings is 1. The fourth-order valence-electron chi connectivity index (χ4n) is 5.06. The monoisotopic (exact) mass is 426 g/mol. The van der Waals surface area contributed by atoms with Crippen molar-refractivity contribution >= 4 is 6.09 Å². The lowest BCUT2D eigenvalue weighted by Gasteiger charge is -2.27. The highest BCUT2D eigenvalue weighted by atomic mass is 19.4. The van der Waals surface area contributed by atoms with Gasteiger partial charge in [-0.15, -0.1) is 13.2 Å². The molecule has 1 amide bonds. The van der Waals surface area contributed by atoms with E-state index in [0.29, 0.717) is 38.3 Å². The normalized spacial score (nSPS) is 25.5. The minimum Gasteiger partial charge on any atom is -0.530 e. The molecule has 6 nitrogen and oxygen atoms in total. The number of carbonyl (C=O) groups excluding carboxylic acids is 1. The number of amides is 1. The lowest BCUT2D eigenvalue weighted by Crippen LogP contribution is -2.41. The van der Waals surface area contributed by atoms with Gasteiger partial charge in [0.2, 0.25) is 0 Å². The number of fused-ring (bicyclic) bond motifs is 1. The van der Waals surface area contributed by atoms with Gasteiger partial charge in [0.15, 0.2) is 0 Å². The lowest BCUT2D eigenvalue weighted by atomic mass is 10.0. The fourth-order valence-corrected chi connectivity index (χ4v) is 5.06. The van der Waals surface area contributed by atoms with Crippen LogP contribution in [0.3, 0.4) is 0 Å². The molecule has 4 rings (SSSR count). The molecule has 1 aromatic carbocycles. The van der Waals surface area contributed by atoms with Crippen LogP contribution >= 0.6 is 0 Å². The van der Waals surface area contributed by atoms with Gasteiger partial charge in [-0.3, -0.25) is 9.80 Å². The number of alkyl halides is 3.